The van der Waals surface area contributed by atoms with Crippen LogP contribution in [0.1, 0.15) is 30.5 Å². The van der Waals surface area contributed by atoms with Crippen molar-refractivity contribution >= 4 is 35.1 Å². The van der Waals surface area contributed by atoms with Gasteiger partial charge >= 0.3 is 6.03 Å². The maximum atomic E-state index is 14.2. The van der Waals surface area contributed by atoms with Crippen LogP contribution in [0.2, 0.25) is 0 Å². The van der Waals surface area contributed by atoms with Gasteiger partial charge in [0.1, 0.15) is 0 Å². The first-order valence-corrected chi connectivity index (χ1v) is 11.9. The zero-order valence-corrected chi connectivity index (χ0v) is 19.9. The summed E-state index contributed by atoms with van der Waals surface area (Å²) in [6.45, 7) is 7.12. The first-order valence-electron chi connectivity index (χ1n) is 11.1. The molecule has 1 fully saturated rings. The third-order valence-electron chi connectivity index (χ3n) is 6.17. The van der Waals surface area contributed by atoms with Crippen LogP contribution in [-0.2, 0) is 16.2 Å². The molecule has 0 radical (unpaired) electrons. The Balaban J connectivity index is 1.55. The number of thioether (sulfide) groups is 1. The molecule has 2 aliphatic heterocycles. The second-order valence-corrected chi connectivity index (χ2v) is 11.2. The van der Waals surface area contributed by atoms with E-state index in [1.807, 2.05) is 90.7 Å². The Labute approximate surface area is 198 Å². The maximum Gasteiger partial charge on any atom is 0.323 e. The first kappa shape index (κ1) is 21.6. The molecular weight excluding hydrogens is 430 g/mol. The van der Waals surface area contributed by atoms with Crippen molar-refractivity contribution < 1.29 is 9.59 Å². The second kappa shape index (κ2) is 7.96. The van der Waals surface area contributed by atoms with Crippen molar-refractivity contribution in [2.45, 2.75) is 36.9 Å². The average Bonchev–Trinajstić information content (AvgIpc) is 3.22. The van der Waals surface area contributed by atoms with E-state index in [1.54, 1.807) is 16.7 Å². The summed E-state index contributed by atoms with van der Waals surface area (Å²) in [4.78, 5) is 30.2. The largest absolute Gasteiger partial charge is 0.323 e. The number of fused-ring (bicyclic) bond motifs is 2. The molecule has 168 valence electrons. The van der Waals surface area contributed by atoms with Crippen molar-refractivity contribution in [1.82, 2.24) is 4.90 Å². The number of rotatable bonds is 3. The standard InChI is InChI=1S/C27H27N3O2S/c1-19-13-15-21(16-14-19)28-25(32)30-18-26(2,3)33-27(30)22-11-7-8-12-23(22)29(24(27)31)17-20-9-5-4-6-10-20/h4-16H,17-18H2,1-3H3,(H,28,32). The van der Waals surface area contributed by atoms with Gasteiger partial charge in [-0.15, -0.1) is 11.8 Å². The number of para-hydroxylation sites is 1. The van der Waals surface area contributed by atoms with Crippen LogP contribution in [0.4, 0.5) is 16.2 Å². The van der Waals surface area contributed by atoms with Gasteiger partial charge in [0.2, 0.25) is 0 Å². The number of benzene rings is 3. The molecule has 1 spiro atoms. The van der Waals surface area contributed by atoms with Gasteiger partial charge in [-0.2, -0.15) is 0 Å². The van der Waals surface area contributed by atoms with Gasteiger partial charge < -0.3 is 10.2 Å². The number of nitrogens with one attached hydrogen (secondary N) is 1. The highest BCUT2D eigenvalue weighted by atomic mass is 32.2. The van der Waals surface area contributed by atoms with E-state index in [0.717, 1.165) is 28.1 Å². The summed E-state index contributed by atoms with van der Waals surface area (Å²) >= 11 is 1.57. The van der Waals surface area contributed by atoms with Crippen LogP contribution in [0, 0.1) is 6.92 Å². The summed E-state index contributed by atoms with van der Waals surface area (Å²) in [6.07, 6.45) is 0. The second-order valence-electron chi connectivity index (χ2n) is 9.28. The highest BCUT2D eigenvalue weighted by molar-refractivity contribution is 8.02. The fraction of sp³-hybridized carbons (Fsp3) is 0.259. The molecule has 1 unspecified atom stereocenters. The van der Waals surface area contributed by atoms with Crippen LogP contribution in [0.15, 0.2) is 78.9 Å². The first-order chi connectivity index (χ1) is 15.8. The number of carbonyl (C=O) groups is 2. The Bertz CT molecular complexity index is 1210. The molecule has 5 rings (SSSR count). The predicted octanol–water partition coefficient (Wildman–Crippen LogP) is 5.75. The maximum absolute atomic E-state index is 14.2. The molecule has 1 atom stereocenters. The highest BCUT2D eigenvalue weighted by Crippen LogP contribution is 2.59. The SMILES string of the molecule is Cc1ccc(NC(=O)N2CC(C)(C)SC23C(=O)N(Cc2ccccc2)c2ccccc23)cc1. The van der Waals surface area contributed by atoms with Crippen LogP contribution in [-0.4, -0.2) is 28.1 Å². The summed E-state index contributed by atoms with van der Waals surface area (Å²) in [7, 11) is 0. The lowest BCUT2D eigenvalue weighted by Gasteiger charge is -2.33. The number of amides is 3. The Hall–Kier alpha value is -3.25. The van der Waals surface area contributed by atoms with Crippen molar-refractivity contribution in [3.8, 4) is 0 Å². The Morgan fingerprint density at radius 2 is 1.64 bits per heavy atom. The number of nitrogens with zero attached hydrogens (tertiary/aromatic N) is 2. The topological polar surface area (TPSA) is 52.7 Å². The minimum absolute atomic E-state index is 0.0674. The number of aryl methyl sites for hydroxylation is 1. The molecule has 2 aliphatic rings. The number of hydrogen-bond acceptors (Lipinski definition) is 3. The monoisotopic (exact) mass is 457 g/mol. The van der Waals surface area contributed by atoms with E-state index >= 15 is 0 Å². The van der Waals surface area contributed by atoms with Gasteiger partial charge in [0.15, 0.2) is 4.87 Å². The molecule has 3 aromatic carbocycles. The summed E-state index contributed by atoms with van der Waals surface area (Å²) in [5.41, 5.74) is 4.63. The van der Waals surface area contributed by atoms with Crippen molar-refractivity contribution in [2.24, 2.45) is 0 Å². The van der Waals surface area contributed by atoms with Gasteiger partial charge in [0.05, 0.1) is 12.2 Å². The predicted molar refractivity (Wildman–Crippen MR) is 134 cm³/mol. The Kier molecular flexibility index (Phi) is 5.20. The number of anilines is 2. The van der Waals surface area contributed by atoms with Crippen molar-refractivity contribution in [1.29, 1.82) is 0 Å². The third kappa shape index (κ3) is 3.68. The van der Waals surface area contributed by atoms with E-state index in [0.29, 0.717) is 13.1 Å². The molecule has 2 heterocycles. The molecule has 5 nitrogen and oxygen atoms in total. The average molecular weight is 458 g/mol. The Morgan fingerprint density at radius 1 is 0.970 bits per heavy atom. The molecular formula is C27H27N3O2S. The van der Waals surface area contributed by atoms with Gasteiger partial charge in [0.25, 0.3) is 5.91 Å². The molecule has 3 amide bonds. The van der Waals surface area contributed by atoms with Gasteiger partial charge in [-0.25, -0.2) is 4.79 Å². The summed E-state index contributed by atoms with van der Waals surface area (Å²) in [5.74, 6) is -0.0674. The number of carbonyl (C=O) groups excluding carboxylic acids is 2. The van der Waals surface area contributed by atoms with E-state index in [2.05, 4.69) is 19.2 Å². The molecule has 6 heteroatoms. The molecule has 0 saturated carbocycles. The third-order valence-corrected chi connectivity index (χ3v) is 7.76. The van der Waals surface area contributed by atoms with Crippen LogP contribution >= 0.6 is 11.8 Å². The fourth-order valence-corrected chi connectivity index (χ4v) is 6.44. The van der Waals surface area contributed by atoms with E-state index in [-0.39, 0.29) is 16.7 Å². The van der Waals surface area contributed by atoms with Gasteiger partial charge in [0, 0.05) is 22.5 Å². The minimum Gasteiger partial charge on any atom is -0.308 e. The lowest BCUT2D eigenvalue weighted by molar-refractivity contribution is -0.123. The Morgan fingerprint density at radius 3 is 2.36 bits per heavy atom. The van der Waals surface area contributed by atoms with E-state index in [1.165, 1.54) is 0 Å². The summed E-state index contributed by atoms with van der Waals surface area (Å²) in [5, 5.41) is 3.02. The van der Waals surface area contributed by atoms with Crippen LogP contribution in [0.3, 0.4) is 0 Å². The van der Waals surface area contributed by atoms with Gasteiger partial charge in [-0.3, -0.25) is 9.69 Å². The zero-order chi connectivity index (χ0) is 23.2. The van der Waals surface area contributed by atoms with Crippen LogP contribution < -0.4 is 10.2 Å². The number of hydrogen-bond donors (Lipinski definition) is 1. The van der Waals surface area contributed by atoms with Crippen LogP contribution in [0.25, 0.3) is 0 Å². The molecule has 33 heavy (non-hydrogen) atoms. The lowest BCUT2D eigenvalue weighted by atomic mass is 10.1. The minimum atomic E-state index is -1.09. The number of urea groups is 1. The smallest absolute Gasteiger partial charge is 0.308 e. The normalized spacial score (nSPS) is 20.9. The van der Waals surface area contributed by atoms with Gasteiger partial charge in [-0.05, 0) is 44.5 Å². The molecule has 0 bridgehead atoms. The summed E-state index contributed by atoms with van der Waals surface area (Å²) < 4.78 is -0.282. The van der Waals surface area contributed by atoms with Gasteiger partial charge in [-0.1, -0.05) is 66.2 Å². The zero-order valence-electron chi connectivity index (χ0n) is 19.0. The molecule has 0 aromatic heterocycles. The highest BCUT2D eigenvalue weighted by Gasteiger charge is 2.63. The van der Waals surface area contributed by atoms with E-state index < -0.39 is 4.87 Å². The lowest BCUT2D eigenvalue weighted by Crippen LogP contribution is -2.51. The van der Waals surface area contributed by atoms with Crippen molar-refractivity contribution in [3.63, 3.8) is 0 Å². The molecule has 3 aromatic rings. The van der Waals surface area contributed by atoms with Crippen LogP contribution in [0.5, 0.6) is 0 Å². The van der Waals surface area contributed by atoms with Crippen molar-refractivity contribution in [3.05, 3.63) is 95.6 Å². The molecule has 1 N–H and O–H groups in total. The molecule has 0 aliphatic carbocycles. The fourth-order valence-electron chi connectivity index (χ4n) is 4.71. The van der Waals surface area contributed by atoms with Crippen molar-refractivity contribution in [2.75, 3.05) is 16.8 Å². The van der Waals surface area contributed by atoms with E-state index in [9.17, 15) is 9.59 Å². The quantitative estimate of drug-likeness (QED) is 0.545. The molecule has 1 saturated heterocycles. The van der Waals surface area contributed by atoms with E-state index in [4.69, 9.17) is 0 Å². The summed E-state index contributed by atoms with van der Waals surface area (Å²) in [6, 6.07) is 25.3.